The molecule has 0 aliphatic heterocycles. The predicted octanol–water partition coefficient (Wildman–Crippen LogP) is 5.30. The molecule has 2 aromatic carbocycles. The van der Waals surface area contributed by atoms with Gasteiger partial charge in [-0.15, -0.1) is 0 Å². The van der Waals surface area contributed by atoms with Gasteiger partial charge in [0.1, 0.15) is 11.5 Å². The van der Waals surface area contributed by atoms with Gasteiger partial charge in [0.2, 0.25) is 0 Å². The van der Waals surface area contributed by atoms with E-state index < -0.39 is 0 Å². The van der Waals surface area contributed by atoms with E-state index in [1.54, 1.807) is 0 Å². The van der Waals surface area contributed by atoms with Crippen molar-refractivity contribution in [1.29, 1.82) is 0 Å². The van der Waals surface area contributed by atoms with Crippen molar-refractivity contribution < 1.29 is 4.74 Å². The van der Waals surface area contributed by atoms with Gasteiger partial charge in [0.05, 0.1) is 0 Å². The first-order valence-corrected chi connectivity index (χ1v) is 8.07. The van der Waals surface area contributed by atoms with Crippen LogP contribution in [0, 0.1) is 12.8 Å². The second-order valence-electron chi connectivity index (χ2n) is 5.68. The maximum atomic E-state index is 5.94. The molecule has 0 aromatic heterocycles. The SMILES string of the molecule is Cc1cc(CNCC(C)C)ccc1Oc1cccc(Br)c1. The molecular weight excluding hydrogens is 326 g/mol. The minimum absolute atomic E-state index is 0.672. The van der Waals surface area contributed by atoms with Gasteiger partial charge in [-0.1, -0.05) is 48.0 Å². The number of hydrogen-bond donors (Lipinski definition) is 1. The van der Waals surface area contributed by atoms with E-state index in [0.717, 1.165) is 34.6 Å². The van der Waals surface area contributed by atoms with Crippen molar-refractivity contribution >= 4 is 15.9 Å². The van der Waals surface area contributed by atoms with Gasteiger partial charge < -0.3 is 10.1 Å². The van der Waals surface area contributed by atoms with Crippen molar-refractivity contribution in [3.63, 3.8) is 0 Å². The van der Waals surface area contributed by atoms with Crippen LogP contribution in [0.3, 0.4) is 0 Å². The minimum atomic E-state index is 0.672. The Kier molecular flexibility index (Phi) is 5.83. The zero-order valence-electron chi connectivity index (χ0n) is 12.8. The van der Waals surface area contributed by atoms with Gasteiger partial charge in [0, 0.05) is 11.0 Å². The van der Waals surface area contributed by atoms with Gasteiger partial charge in [-0.3, -0.25) is 0 Å². The molecule has 2 aromatic rings. The lowest BCUT2D eigenvalue weighted by Crippen LogP contribution is -2.18. The van der Waals surface area contributed by atoms with Crippen molar-refractivity contribution in [2.24, 2.45) is 5.92 Å². The summed E-state index contributed by atoms with van der Waals surface area (Å²) in [7, 11) is 0. The summed E-state index contributed by atoms with van der Waals surface area (Å²) in [5, 5.41) is 3.46. The average Bonchev–Trinajstić information content (AvgIpc) is 2.41. The molecule has 0 fully saturated rings. The molecular formula is C18H22BrNO. The van der Waals surface area contributed by atoms with Crippen LogP contribution >= 0.6 is 15.9 Å². The Morgan fingerprint density at radius 3 is 2.62 bits per heavy atom. The molecule has 0 heterocycles. The Balaban J connectivity index is 2.02. The largest absolute Gasteiger partial charge is 0.457 e. The fourth-order valence-electron chi connectivity index (χ4n) is 2.10. The molecule has 2 rings (SSSR count). The number of hydrogen-bond acceptors (Lipinski definition) is 2. The standard InChI is InChI=1S/C18H22BrNO/c1-13(2)11-20-12-15-7-8-18(14(3)9-15)21-17-6-4-5-16(19)10-17/h4-10,13,20H,11-12H2,1-3H3. The molecule has 0 saturated carbocycles. The number of aryl methyl sites for hydroxylation is 1. The van der Waals surface area contributed by atoms with Crippen molar-refractivity contribution in [2.75, 3.05) is 6.54 Å². The smallest absolute Gasteiger partial charge is 0.130 e. The lowest BCUT2D eigenvalue weighted by Gasteiger charge is -2.12. The van der Waals surface area contributed by atoms with Gasteiger partial charge in [0.25, 0.3) is 0 Å². The Morgan fingerprint density at radius 1 is 1.14 bits per heavy atom. The number of rotatable bonds is 6. The molecule has 0 aliphatic carbocycles. The third kappa shape index (κ3) is 5.18. The van der Waals surface area contributed by atoms with Crippen molar-refractivity contribution in [3.8, 4) is 11.5 Å². The Labute approximate surface area is 135 Å². The summed E-state index contributed by atoms with van der Waals surface area (Å²) in [6.07, 6.45) is 0. The highest BCUT2D eigenvalue weighted by Gasteiger charge is 2.04. The highest BCUT2D eigenvalue weighted by Crippen LogP contribution is 2.27. The fourth-order valence-corrected chi connectivity index (χ4v) is 2.48. The van der Waals surface area contributed by atoms with Crippen LogP contribution in [0.5, 0.6) is 11.5 Å². The fraction of sp³-hybridized carbons (Fsp3) is 0.333. The van der Waals surface area contributed by atoms with Gasteiger partial charge in [-0.25, -0.2) is 0 Å². The molecule has 0 bridgehead atoms. The van der Waals surface area contributed by atoms with E-state index in [9.17, 15) is 0 Å². The first-order valence-electron chi connectivity index (χ1n) is 7.28. The Hall–Kier alpha value is -1.32. The van der Waals surface area contributed by atoms with Crippen LogP contribution in [0.4, 0.5) is 0 Å². The van der Waals surface area contributed by atoms with Gasteiger partial charge in [0.15, 0.2) is 0 Å². The summed E-state index contributed by atoms with van der Waals surface area (Å²) < 4.78 is 6.96. The molecule has 0 radical (unpaired) electrons. The van der Waals surface area contributed by atoms with Gasteiger partial charge >= 0.3 is 0 Å². The zero-order chi connectivity index (χ0) is 15.2. The topological polar surface area (TPSA) is 21.3 Å². The molecule has 2 nitrogen and oxygen atoms in total. The third-order valence-corrected chi connectivity index (χ3v) is 3.64. The summed E-state index contributed by atoms with van der Waals surface area (Å²) in [4.78, 5) is 0. The van der Waals surface area contributed by atoms with E-state index in [2.05, 4.69) is 54.2 Å². The van der Waals surface area contributed by atoms with Crippen LogP contribution in [0.2, 0.25) is 0 Å². The molecule has 0 unspecified atom stereocenters. The number of nitrogens with one attached hydrogen (secondary N) is 1. The highest BCUT2D eigenvalue weighted by molar-refractivity contribution is 9.10. The molecule has 3 heteroatoms. The predicted molar refractivity (Wildman–Crippen MR) is 91.9 cm³/mol. The normalized spacial score (nSPS) is 10.9. The van der Waals surface area contributed by atoms with Gasteiger partial charge in [-0.05, 0) is 54.8 Å². The maximum Gasteiger partial charge on any atom is 0.130 e. The van der Waals surface area contributed by atoms with Crippen LogP contribution in [-0.2, 0) is 6.54 Å². The van der Waals surface area contributed by atoms with E-state index in [0.29, 0.717) is 5.92 Å². The summed E-state index contributed by atoms with van der Waals surface area (Å²) in [6, 6.07) is 14.2. The average molecular weight is 348 g/mol. The number of benzene rings is 2. The molecule has 21 heavy (non-hydrogen) atoms. The molecule has 0 spiro atoms. The first-order chi connectivity index (χ1) is 10.0. The summed E-state index contributed by atoms with van der Waals surface area (Å²) in [5.41, 5.74) is 2.44. The van der Waals surface area contributed by atoms with E-state index in [1.807, 2.05) is 30.3 Å². The van der Waals surface area contributed by atoms with E-state index in [1.165, 1.54) is 5.56 Å². The molecule has 1 N–H and O–H groups in total. The maximum absolute atomic E-state index is 5.94. The summed E-state index contributed by atoms with van der Waals surface area (Å²) >= 11 is 3.46. The van der Waals surface area contributed by atoms with Crippen LogP contribution < -0.4 is 10.1 Å². The van der Waals surface area contributed by atoms with E-state index in [4.69, 9.17) is 4.74 Å². The number of halogens is 1. The third-order valence-electron chi connectivity index (χ3n) is 3.14. The minimum Gasteiger partial charge on any atom is -0.457 e. The van der Waals surface area contributed by atoms with Crippen LogP contribution in [0.1, 0.15) is 25.0 Å². The van der Waals surface area contributed by atoms with Crippen molar-refractivity contribution in [3.05, 3.63) is 58.1 Å². The van der Waals surface area contributed by atoms with E-state index >= 15 is 0 Å². The van der Waals surface area contributed by atoms with E-state index in [-0.39, 0.29) is 0 Å². The van der Waals surface area contributed by atoms with Crippen LogP contribution in [0.25, 0.3) is 0 Å². The second kappa shape index (κ2) is 7.62. The second-order valence-corrected chi connectivity index (χ2v) is 6.60. The molecule has 0 saturated heterocycles. The monoisotopic (exact) mass is 347 g/mol. The molecule has 0 aliphatic rings. The van der Waals surface area contributed by atoms with Crippen molar-refractivity contribution in [2.45, 2.75) is 27.3 Å². The Morgan fingerprint density at radius 2 is 1.95 bits per heavy atom. The lowest BCUT2D eigenvalue weighted by molar-refractivity contribution is 0.478. The molecule has 112 valence electrons. The highest BCUT2D eigenvalue weighted by atomic mass is 79.9. The summed E-state index contributed by atoms with van der Waals surface area (Å²) in [6.45, 7) is 8.45. The lowest BCUT2D eigenvalue weighted by atomic mass is 10.1. The zero-order valence-corrected chi connectivity index (χ0v) is 14.4. The quantitative estimate of drug-likeness (QED) is 0.765. The Bertz CT molecular complexity index is 596. The first kappa shape index (κ1) is 16.1. The molecule has 0 atom stereocenters. The molecule has 0 amide bonds. The summed E-state index contributed by atoms with van der Waals surface area (Å²) in [5.74, 6) is 2.42. The number of ether oxygens (including phenoxy) is 1. The van der Waals surface area contributed by atoms with Crippen LogP contribution in [-0.4, -0.2) is 6.54 Å². The van der Waals surface area contributed by atoms with Gasteiger partial charge in [-0.2, -0.15) is 0 Å². The van der Waals surface area contributed by atoms with Crippen molar-refractivity contribution in [1.82, 2.24) is 5.32 Å². The van der Waals surface area contributed by atoms with Crippen LogP contribution in [0.15, 0.2) is 46.9 Å².